The summed E-state index contributed by atoms with van der Waals surface area (Å²) in [5.41, 5.74) is 8.58. The topological polar surface area (TPSA) is 72.4 Å². The number of hydrogen-bond acceptors (Lipinski definition) is 6. The van der Waals surface area contributed by atoms with E-state index in [0.717, 1.165) is 47.9 Å². The quantitative estimate of drug-likeness (QED) is 0.888. The van der Waals surface area contributed by atoms with Gasteiger partial charge in [0.25, 0.3) is 0 Å². The number of aliphatic imine (C=N–C) groups is 1. The Balaban J connectivity index is 1.91. The molecule has 1 unspecified atom stereocenters. The Kier molecular flexibility index (Phi) is 4.29. The van der Waals surface area contributed by atoms with Crippen LogP contribution in [0.1, 0.15) is 24.5 Å². The number of rotatable bonds is 5. The lowest BCUT2D eigenvalue weighted by Crippen LogP contribution is -2.23. The molecule has 2 heterocycles. The van der Waals surface area contributed by atoms with Crippen molar-refractivity contribution in [1.82, 2.24) is 4.90 Å². The van der Waals surface area contributed by atoms with Crippen molar-refractivity contribution in [2.75, 3.05) is 33.3 Å². The molecule has 0 amide bonds. The van der Waals surface area contributed by atoms with Gasteiger partial charge in [-0.3, -0.25) is 4.99 Å². The molecule has 6 nitrogen and oxygen atoms in total. The monoisotopic (exact) mass is 302 g/mol. The third-order valence-electron chi connectivity index (χ3n) is 3.90. The van der Waals surface area contributed by atoms with Crippen LogP contribution in [-0.4, -0.2) is 55.8 Å². The number of amidine groups is 1. The predicted octanol–water partition coefficient (Wildman–Crippen LogP) is 1.23. The third kappa shape index (κ3) is 2.78. The molecule has 0 fully saturated rings. The average Bonchev–Trinajstić information content (AvgIpc) is 3.16. The van der Waals surface area contributed by atoms with E-state index in [2.05, 4.69) is 28.2 Å². The maximum Gasteiger partial charge on any atom is 0.145 e. The van der Waals surface area contributed by atoms with Crippen LogP contribution in [0.4, 0.5) is 0 Å². The van der Waals surface area contributed by atoms with Gasteiger partial charge in [0.15, 0.2) is 0 Å². The standard InChI is InChI=1S/C16H22N4O2/c1-3-21-15-8-11(16-18-6-7-20(16)2)4-5-13(15)14-9-12(10-17)22-19-14/h4-5,8,12H,3,6-7,9-10,17H2,1-2H3. The zero-order chi connectivity index (χ0) is 15.5. The minimum atomic E-state index is -0.0329. The zero-order valence-electron chi connectivity index (χ0n) is 13.1. The van der Waals surface area contributed by atoms with E-state index in [9.17, 15) is 0 Å². The molecule has 0 aromatic heterocycles. The Labute approximate surface area is 130 Å². The van der Waals surface area contributed by atoms with Crippen molar-refractivity contribution < 1.29 is 9.57 Å². The maximum atomic E-state index is 5.81. The van der Waals surface area contributed by atoms with Gasteiger partial charge in [0.2, 0.25) is 0 Å². The highest BCUT2D eigenvalue weighted by atomic mass is 16.6. The van der Waals surface area contributed by atoms with Gasteiger partial charge < -0.3 is 20.2 Å². The average molecular weight is 302 g/mol. The maximum absolute atomic E-state index is 5.81. The molecule has 22 heavy (non-hydrogen) atoms. The molecule has 1 atom stereocenters. The van der Waals surface area contributed by atoms with Crippen molar-refractivity contribution in [3.05, 3.63) is 29.3 Å². The van der Waals surface area contributed by atoms with Gasteiger partial charge in [0.05, 0.1) is 18.9 Å². The summed E-state index contributed by atoms with van der Waals surface area (Å²) < 4.78 is 5.81. The highest BCUT2D eigenvalue weighted by Gasteiger charge is 2.24. The second kappa shape index (κ2) is 6.36. The number of hydrogen-bond donors (Lipinski definition) is 1. The Morgan fingerprint density at radius 1 is 1.45 bits per heavy atom. The van der Waals surface area contributed by atoms with Gasteiger partial charge in [-0.2, -0.15) is 0 Å². The molecular weight excluding hydrogens is 280 g/mol. The number of likely N-dealkylation sites (N-methyl/N-ethyl adjacent to an activating group) is 1. The van der Waals surface area contributed by atoms with Crippen molar-refractivity contribution in [1.29, 1.82) is 0 Å². The second-order valence-electron chi connectivity index (χ2n) is 5.48. The Hall–Kier alpha value is -2.08. The van der Waals surface area contributed by atoms with Crippen LogP contribution in [0, 0.1) is 0 Å². The summed E-state index contributed by atoms with van der Waals surface area (Å²) in [6.07, 6.45) is 0.686. The molecule has 0 radical (unpaired) electrons. The molecule has 0 aliphatic carbocycles. The first kappa shape index (κ1) is 14.8. The van der Waals surface area contributed by atoms with E-state index < -0.39 is 0 Å². The predicted molar refractivity (Wildman–Crippen MR) is 86.7 cm³/mol. The number of nitrogens with zero attached hydrogens (tertiary/aromatic N) is 3. The van der Waals surface area contributed by atoms with Gasteiger partial charge in [-0.15, -0.1) is 0 Å². The minimum absolute atomic E-state index is 0.0329. The highest BCUT2D eigenvalue weighted by molar-refractivity contribution is 6.06. The minimum Gasteiger partial charge on any atom is -0.493 e. The van der Waals surface area contributed by atoms with Crippen molar-refractivity contribution in [3.8, 4) is 5.75 Å². The molecule has 2 aliphatic heterocycles. The molecule has 6 heteroatoms. The zero-order valence-corrected chi connectivity index (χ0v) is 13.1. The van der Waals surface area contributed by atoms with E-state index in [4.69, 9.17) is 15.3 Å². The summed E-state index contributed by atoms with van der Waals surface area (Å²) in [7, 11) is 2.06. The molecule has 0 saturated heterocycles. The van der Waals surface area contributed by atoms with Crippen LogP contribution in [0.25, 0.3) is 0 Å². The number of benzene rings is 1. The first-order valence-electron chi connectivity index (χ1n) is 7.69. The van der Waals surface area contributed by atoms with Crippen LogP contribution in [0.2, 0.25) is 0 Å². The molecular formula is C16H22N4O2. The van der Waals surface area contributed by atoms with Crippen molar-refractivity contribution >= 4 is 11.5 Å². The van der Waals surface area contributed by atoms with E-state index >= 15 is 0 Å². The highest BCUT2D eigenvalue weighted by Crippen LogP contribution is 2.27. The Bertz CT molecular complexity index is 612. The largest absolute Gasteiger partial charge is 0.493 e. The Morgan fingerprint density at radius 2 is 2.32 bits per heavy atom. The van der Waals surface area contributed by atoms with Crippen molar-refractivity contribution in [2.24, 2.45) is 15.9 Å². The van der Waals surface area contributed by atoms with Crippen LogP contribution in [0.3, 0.4) is 0 Å². The van der Waals surface area contributed by atoms with E-state index in [1.54, 1.807) is 0 Å². The number of nitrogens with two attached hydrogens (primary N) is 1. The SMILES string of the molecule is CCOc1cc(C2=NCCN2C)ccc1C1=NOC(CN)C1. The normalized spacial score (nSPS) is 20.7. The lowest BCUT2D eigenvalue weighted by atomic mass is 10.0. The van der Waals surface area contributed by atoms with Gasteiger partial charge in [-0.1, -0.05) is 11.2 Å². The van der Waals surface area contributed by atoms with Crippen molar-refractivity contribution in [3.63, 3.8) is 0 Å². The smallest absolute Gasteiger partial charge is 0.145 e. The first-order valence-corrected chi connectivity index (χ1v) is 7.69. The summed E-state index contributed by atoms with van der Waals surface area (Å²) in [6, 6.07) is 6.14. The lowest BCUT2D eigenvalue weighted by molar-refractivity contribution is 0.0918. The van der Waals surface area contributed by atoms with Gasteiger partial charge in [-0.25, -0.2) is 0 Å². The molecule has 2 N–H and O–H groups in total. The summed E-state index contributed by atoms with van der Waals surface area (Å²) in [6.45, 7) is 4.85. The van der Waals surface area contributed by atoms with Crippen molar-refractivity contribution in [2.45, 2.75) is 19.4 Å². The van der Waals surface area contributed by atoms with Crippen LogP contribution in [0.15, 0.2) is 28.3 Å². The lowest BCUT2D eigenvalue weighted by Gasteiger charge is -2.16. The van der Waals surface area contributed by atoms with Gasteiger partial charge in [-0.05, 0) is 19.1 Å². The molecule has 1 aromatic carbocycles. The van der Waals surface area contributed by atoms with Crippen LogP contribution < -0.4 is 10.5 Å². The van der Waals surface area contributed by atoms with Gasteiger partial charge in [0, 0.05) is 37.7 Å². The number of oxime groups is 1. The third-order valence-corrected chi connectivity index (χ3v) is 3.90. The van der Waals surface area contributed by atoms with Crippen LogP contribution in [0.5, 0.6) is 5.75 Å². The molecule has 0 spiro atoms. The van der Waals surface area contributed by atoms with E-state index in [1.807, 2.05) is 19.1 Å². The fourth-order valence-corrected chi connectivity index (χ4v) is 2.73. The summed E-state index contributed by atoms with van der Waals surface area (Å²) >= 11 is 0. The van der Waals surface area contributed by atoms with E-state index in [0.29, 0.717) is 13.2 Å². The van der Waals surface area contributed by atoms with E-state index in [1.165, 1.54) is 0 Å². The summed E-state index contributed by atoms with van der Waals surface area (Å²) in [4.78, 5) is 12.0. The molecule has 1 aromatic rings. The summed E-state index contributed by atoms with van der Waals surface area (Å²) in [5, 5.41) is 4.16. The van der Waals surface area contributed by atoms with Gasteiger partial charge in [0.1, 0.15) is 17.7 Å². The fourth-order valence-electron chi connectivity index (χ4n) is 2.73. The van der Waals surface area contributed by atoms with E-state index in [-0.39, 0.29) is 6.10 Å². The van der Waals surface area contributed by atoms with Gasteiger partial charge >= 0.3 is 0 Å². The molecule has 3 rings (SSSR count). The second-order valence-corrected chi connectivity index (χ2v) is 5.48. The first-order chi connectivity index (χ1) is 10.7. The fraction of sp³-hybridized carbons (Fsp3) is 0.500. The molecule has 2 aliphatic rings. The molecule has 0 bridgehead atoms. The summed E-state index contributed by atoms with van der Waals surface area (Å²) in [5.74, 6) is 1.83. The van der Waals surface area contributed by atoms with Crippen LogP contribution in [-0.2, 0) is 4.84 Å². The molecule has 0 saturated carbocycles. The number of ether oxygens (including phenoxy) is 1. The van der Waals surface area contributed by atoms with Crippen LogP contribution >= 0.6 is 0 Å². The molecule has 118 valence electrons. The Morgan fingerprint density at radius 3 is 2.95 bits per heavy atom.